The number of amides is 1. The molecule has 178 valence electrons. The number of aromatic nitrogens is 1. The van der Waals surface area contributed by atoms with E-state index in [0.29, 0.717) is 34.0 Å². The first-order valence-corrected chi connectivity index (χ1v) is 12.2. The first kappa shape index (κ1) is 23.1. The number of carbonyl (C=O) groups is 1. The molecule has 0 spiro atoms. The van der Waals surface area contributed by atoms with Crippen LogP contribution in [0.4, 0.5) is 5.82 Å². The minimum absolute atomic E-state index is 0.0340. The number of ether oxygens (including phenoxy) is 1. The molecule has 0 saturated heterocycles. The first-order valence-electron chi connectivity index (χ1n) is 11.8. The summed E-state index contributed by atoms with van der Waals surface area (Å²) in [6.07, 6.45) is 6.00. The summed E-state index contributed by atoms with van der Waals surface area (Å²) in [5, 5.41) is 0.886. The van der Waals surface area contributed by atoms with Crippen LogP contribution in [0.5, 0.6) is 5.75 Å². The SMILES string of the molecule is CCCCCCOc1ccc([C@H]2c3c(oc4ccccc4c3=O)C(=O)N2c2ccc(Cl)cn2)cc1. The zero-order valence-electron chi connectivity index (χ0n) is 19.4. The van der Waals surface area contributed by atoms with E-state index in [-0.39, 0.29) is 11.2 Å². The van der Waals surface area contributed by atoms with Crippen LogP contribution in [0.25, 0.3) is 11.0 Å². The molecule has 0 radical (unpaired) electrons. The van der Waals surface area contributed by atoms with E-state index in [1.54, 1.807) is 36.4 Å². The molecular formula is C28H25ClN2O4. The fourth-order valence-corrected chi connectivity index (χ4v) is 4.56. The number of para-hydroxylation sites is 1. The zero-order chi connectivity index (χ0) is 24.4. The van der Waals surface area contributed by atoms with Crippen LogP contribution in [0, 0.1) is 0 Å². The van der Waals surface area contributed by atoms with E-state index < -0.39 is 11.9 Å². The number of hydrogen-bond donors (Lipinski definition) is 0. The Morgan fingerprint density at radius 1 is 1.00 bits per heavy atom. The normalized spacial score (nSPS) is 15.0. The Morgan fingerprint density at radius 3 is 2.54 bits per heavy atom. The smallest absolute Gasteiger partial charge is 0.296 e. The number of fused-ring (bicyclic) bond motifs is 2. The monoisotopic (exact) mass is 488 g/mol. The van der Waals surface area contributed by atoms with Crippen LogP contribution < -0.4 is 15.1 Å². The summed E-state index contributed by atoms with van der Waals surface area (Å²) in [4.78, 5) is 33.0. The third-order valence-electron chi connectivity index (χ3n) is 6.20. The molecule has 0 saturated carbocycles. The highest BCUT2D eigenvalue weighted by Gasteiger charge is 2.44. The predicted molar refractivity (Wildman–Crippen MR) is 136 cm³/mol. The minimum Gasteiger partial charge on any atom is -0.494 e. The van der Waals surface area contributed by atoms with Crippen molar-refractivity contribution in [3.05, 3.63) is 99.0 Å². The quantitative estimate of drug-likeness (QED) is 0.263. The molecule has 1 aliphatic heterocycles. The molecule has 0 fully saturated rings. The van der Waals surface area contributed by atoms with Gasteiger partial charge in [-0.3, -0.25) is 14.5 Å². The number of nitrogens with zero attached hydrogens (tertiary/aromatic N) is 2. The summed E-state index contributed by atoms with van der Waals surface area (Å²) < 4.78 is 11.8. The van der Waals surface area contributed by atoms with Crippen molar-refractivity contribution in [2.24, 2.45) is 0 Å². The highest BCUT2D eigenvalue weighted by atomic mass is 35.5. The number of pyridine rings is 1. The van der Waals surface area contributed by atoms with Crippen molar-refractivity contribution in [1.29, 1.82) is 0 Å². The molecule has 5 rings (SSSR count). The topological polar surface area (TPSA) is 72.6 Å². The molecule has 4 aromatic rings. The van der Waals surface area contributed by atoms with Gasteiger partial charge >= 0.3 is 0 Å². The molecular weight excluding hydrogens is 464 g/mol. The zero-order valence-corrected chi connectivity index (χ0v) is 20.1. The lowest BCUT2D eigenvalue weighted by atomic mass is 9.98. The second-order valence-corrected chi connectivity index (χ2v) is 9.00. The Morgan fingerprint density at radius 2 is 1.80 bits per heavy atom. The van der Waals surface area contributed by atoms with Gasteiger partial charge in [-0.1, -0.05) is 62.1 Å². The van der Waals surface area contributed by atoms with Gasteiger partial charge in [-0.05, 0) is 48.4 Å². The maximum Gasteiger partial charge on any atom is 0.296 e. The van der Waals surface area contributed by atoms with Gasteiger partial charge in [0.2, 0.25) is 5.76 Å². The van der Waals surface area contributed by atoms with Crippen LogP contribution in [-0.4, -0.2) is 17.5 Å². The Balaban J connectivity index is 1.55. The molecule has 1 aliphatic rings. The average molecular weight is 489 g/mol. The van der Waals surface area contributed by atoms with Crippen LogP contribution >= 0.6 is 11.6 Å². The molecule has 6 nitrogen and oxygen atoms in total. The van der Waals surface area contributed by atoms with Gasteiger partial charge in [-0.2, -0.15) is 0 Å². The largest absolute Gasteiger partial charge is 0.494 e. The molecule has 1 amide bonds. The van der Waals surface area contributed by atoms with Crippen molar-refractivity contribution in [3.63, 3.8) is 0 Å². The van der Waals surface area contributed by atoms with Crippen molar-refractivity contribution in [2.75, 3.05) is 11.5 Å². The van der Waals surface area contributed by atoms with Gasteiger partial charge in [0.25, 0.3) is 5.91 Å². The van der Waals surface area contributed by atoms with Crippen molar-refractivity contribution in [3.8, 4) is 5.75 Å². The van der Waals surface area contributed by atoms with Gasteiger partial charge in [0, 0.05) is 6.20 Å². The van der Waals surface area contributed by atoms with Crippen LogP contribution in [0.2, 0.25) is 5.02 Å². The molecule has 0 N–H and O–H groups in total. The van der Waals surface area contributed by atoms with Gasteiger partial charge in [-0.25, -0.2) is 4.98 Å². The van der Waals surface area contributed by atoms with Crippen LogP contribution in [-0.2, 0) is 0 Å². The lowest BCUT2D eigenvalue weighted by molar-refractivity contribution is 0.0970. The summed E-state index contributed by atoms with van der Waals surface area (Å²) in [5.74, 6) is 0.748. The number of halogens is 1. The predicted octanol–water partition coefficient (Wildman–Crippen LogP) is 6.55. The molecule has 0 unspecified atom stereocenters. The van der Waals surface area contributed by atoms with Crippen molar-refractivity contribution >= 4 is 34.3 Å². The third kappa shape index (κ3) is 4.42. The Labute approximate surface area is 208 Å². The number of hydrogen-bond acceptors (Lipinski definition) is 5. The van der Waals surface area contributed by atoms with Gasteiger partial charge in [0.1, 0.15) is 17.2 Å². The minimum atomic E-state index is -0.689. The molecule has 2 aromatic carbocycles. The molecule has 35 heavy (non-hydrogen) atoms. The van der Waals surface area contributed by atoms with Gasteiger partial charge < -0.3 is 9.15 Å². The van der Waals surface area contributed by atoms with Crippen LogP contribution in [0.1, 0.15) is 60.3 Å². The number of rotatable bonds is 8. The van der Waals surface area contributed by atoms with E-state index in [1.165, 1.54) is 23.9 Å². The highest BCUT2D eigenvalue weighted by molar-refractivity contribution is 6.30. The first-order chi connectivity index (χ1) is 17.1. The lowest BCUT2D eigenvalue weighted by Gasteiger charge is -2.24. The standard InChI is InChI=1S/C28H25ClN2O4/c1-2-3-4-7-16-34-20-13-10-18(11-14-20)25-24-26(32)21-8-5-6-9-22(21)35-27(24)28(33)31(25)23-15-12-19(29)17-30-23/h5-6,8-15,17,25H,2-4,7,16H2,1H3/t25-/m0/s1. The van der Waals surface area contributed by atoms with E-state index in [0.717, 1.165) is 24.2 Å². The number of benzene rings is 2. The molecule has 0 aliphatic carbocycles. The fraction of sp³-hybridized carbons (Fsp3) is 0.250. The number of anilines is 1. The highest BCUT2D eigenvalue weighted by Crippen LogP contribution is 2.41. The fourth-order valence-electron chi connectivity index (χ4n) is 4.45. The summed E-state index contributed by atoms with van der Waals surface area (Å²) in [6.45, 7) is 2.83. The maximum atomic E-state index is 13.6. The van der Waals surface area contributed by atoms with E-state index in [2.05, 4.69) is 11.9 Å². The van der Waals surface area contributed by atoms with E-state index in [9.17, 15) is 9.59 Å². The molecule has 7 heteroatoms. The molecule has 3 heterocycles. The number of carbonyl (C=O) groups excluding carboxylic acids is 1. The maximum absolute atomic E-state index is 13.6. The van der Waals surface area contributed by atoms with E-state index in [1.807, 2.05) is 24.3 Å². The van der Waals surface area contributed by atoms with Gasteiger partial charge in [-0.15, -0.1) is 0 Å². The second kappa shape index (κ2) is 9.92. The summed E-state index contributed by atoms with van der Waals surface area (Å²) in [6, 6.07) is 17.1. The molecule has 1 atom stereocenters. The van der Waals surface area contributed by atoms with Gasteiger partial charge in [0.15, 0.2) is 5.43 Å². The molecule has 2 aromatic heterocycles. The summed E-state index contributed by atoms with van der Waals surface area (Å²) >= 11 is 6.03. The van der Waals surface area contributed by atoms with E-state index in [4.69, 9.17) is 20.8 Å². The van der Waals surface area contributed by atoms with E-state index >= 15 is 0 Å². The lowest BCUT2D eigenvalue weighted by Crippen LogP contribution is -2.30. The van der Waals surface area contributed by atoms with Gasteiger partial charge in [0.05, 0.1) is 28.6 Å². The Kier molecular flexibility index (Phi) is 6.55. The Bertz CT molecular complexity index is 1410. The number of unbranched alkanes of at least 4 members (excludes halogenated alkanes) is 3. The molecule has 0 bridgehead atoms. The van der Waals surface area contributed by atoms with Crippen molar-refractivity contribution in [2.45, 2.75) is 38.6 Å². The Hall–Kier alpha value is -3.64. The van der Waals surface area contributed by atoms with Crippen molar-refractivity contribution in [1.82, 2.24) is 4.98 Å². The van der Waals surface area contributed by atoms with Crippen LogP contribution in [0.3, 0.4) is 0 Å². The summed E-state index contributed by atoms with van der Waals surface area (Å²) in [7, 11) is 0. The second-order valence-electron chi connectivity index (χ2n) is 8.56. The van der Waals surface area contributed by atoms with Crippen LogP contribution in [0.15, 0.2) is 76.1 Å². The third-order valence-corrected chi connectivity index (χ3v) is 6.42. The summed E-state index contributed by atoms with van der Waals surface area (Å²) in [5.41, 5.74) is 1.21. The van der Waals surface area contributed by atoms with Crippen molar-refractivity contribution < 1.29 is 13.9 Å². The average Bonchev–Trinajstić information content (AvgIpc) is 3.17.